The molecular formula is C22H28O14. The van der Waals surface area contributed by atoms with Gasteiger partial charge in [-0.25, -0.2) is 9.59 Å². The van der Waals surface area contributed by atoms with Crippen molar-refractivity contribution in [3.63, 3.8) is 0 Å². The van der Waals surface area contributed by atoms with Crippen molar-refractivity contribution in [3.05, 3.63) is 29.8 Å². The van der Waals surface area contributed by atoms with Crippen molar-refractivity contribution >= 4 is 18.0 Å². The molecule has 14 heteroatoms. The zero-order valence-corrected chi connectivity index (χ0v) is 18.7. The van der Waals surface area contributed by atoms with Crippen molar-refractivity contribution in [1.29, 1.82) is 0 Å². The Labute approximate surface area is 203 Å². The Kier molecular flexibility index (Phi) is 8.53. The molecule has 0 unspecified atom stereocenters. The number of esters is 1. The Hall–Kier alpha value is -2.82. The fraction of sp³-hybridized carbons (Fsp3) is 0.545. The fourth-order valence-corrected chi connectivity index (χ4v) is 3.91. The molecule has 0 amide bonds. The lowest BCUT2D eigenvalue weighted by Crippen LogP contribution is -2.60. The Bertz CT molecular complexity index is 979. The quantitative estimate of drug-likeness (QED) is 0.128. The predicted molar refractivity (Wildman–Crippen MR) is 115 cm³/mol. The smallest absolute Gasteiger partial charge is 0.335 e. The van der Waals surface area contributed by atoms with Crippen LogP contribution in [-0.4, -0.2) is 119 Å². The predicted octanol–water partition coefficient (Wildman–Crippen LogP) is -3.17. The van der Waals surface area contributed by atoms with Crippen LogP contribution in [0.5, 0.6) is 11.5 Å². The van der Waals surface area contributed by atoms with Gasteiger partial charge >= 0.3 is 11.9 Å². The number of aliphatic carboxylic acids is 1. The van der Waals surface area contributed by atoms with Gasteiger partial charge in [-0.1, -0.05) is 6.07 Å². The molecule has 200 valence electrons. The second-order valence-corrected chi connectivity index (χ2v) is 8.65. The molecule has 1 aliphatic heterocycles. The molecule has 0 bridgehead atoms. The zero-order chi connectivity index (χ0) is 26.8. The van der Waals surface area contributed by atoms with Crippen LogP contribution in [0.4, 0.5) is 0 Å². The van der Waals surface area contributed by atoms with Gasteiger partial charge in [-0.3, -0.25) is 0 Å². The van der Waals surface area contributed by atoms with Crippen molar-refractivity contribution in [2.24, 2.45) is 0 Å². The molecule has 0 aromatic heterocycles. The number of carbonyl (C=O) groups is 2. The molecule has 1 aromatic carbocycles. The van der Waals surface area contributed by atoms with Crippen LogP contribution in [-0.2, 0) is 19.1 Å². The average Bonchev–Trinajstić information content (AvgIpc) is 2.82. The standard InChI is InChI=1S/C22H28O14/c23-8-14-17(28)18(29)19(30)20(36-14)35-12-5-9(1-3-10(12)24)2-4-15(26)34-13-7-22(33,21(31)32)6-11(25)16(13)27/h1-5,11,13-14,16-20,23-25,27-30,33H,6-8H2,(H,31,32)/b4-2+/t11-,13-,14-,16+,17-,18+,19-,20-,22-/m1/s1. The number of carbonyl (C=O) groups excluding carboxylic acids is 1. The highest BCUT2D eigenvalue weighted by molar-refractivity contribution is 5.87. The Morgan fingerprint density at radius 2 is 1.75 bits per heavy atom. The van der Waals surface area contributed by atoms with Gasteiger partial charge in [-0.2, -0.15) is 0 Å². The first-order chi connectivity index (χ1) is 16.9. The lowest BCUT2D eigenvalue weighted by molar-refractivity contribution is -0.277. The first-order valence-corrected chi connectivity index (χ1v) is 10.9. The highest BCUT2D eigenvalue weighted by atomic mass is 16.7. The molecule has 9 N–H and O–H groups in total. The third kappa shape index (κ3) is 5.93. The molecule has 2 aliphatic rings. The maximum absolute atomic E-state index is 12.2. The molecule has 0 radical (unpaired) electrons. The molecule has 3 rings (SSSR count). The number of aliphatic hydroxyl groups is 7. The van der Waals surface area contributed by atoms with Crippen LogP contribution in [0.2, 0.25) is 0 Å². The van der Waals surface area contributed by atoms with Crippen LogP contribution < -0.4 is 4.74 Å². The highest BCUT2D eigenvalue weighted by Crippen LogP contribution is 2.33. The van der Waals surface area contributed by atoms with Gasteiger partial charge in [-0.15, -0.1) is 0 Å². The number of hydrogen-bond acceptors (Lipinski definition) is 13. The van der Waals surface area contributed by atoms with Gasteiger partial charge in [0, 0.05) is 18.9 Å². The SMILES string of the molecule is O=C(/C=C/c1ccc(O)c(O[C@@H]2O[C@H](CO)[C@@H](O)[C@H](O)[C@H]2O)c1)O[C@@H]1C[C@@](O)(C(=O)O)C[C@@H](O)[C@@H]1O. The van der Waals surface area contributed by atoms with E-state index in [4.69, 9.17) is 19.3 Å². The van der Waals surface area contributed by atoms with E-state index in [1.807, 2.05) is 0 Å². The molecule has 1 heterocycles. The third-order valence-electron chi connectivity index (χ3n) is 6.01. The van der Waals surface area contributed by atoms with E-state index in [1.54, 1.807) is 0 Å². The summed E-state index contributed by atoms with van der Waals surface area (Å²) in [6.07, 6.45) is -11.8. The average molecular weight is 516 g/mol. The van der Waals surface area contributed by atoms with Gasteiger partial charge in [0.05, 0.1) is 12.7 Å². The maximum atomic E-state index is 12.2. The monoisotopic (exact) mass is 516 g/mol. The Balaban J connectivity index is 1.68. The van der Waals surface area contributed by atoms with Gasteiger partial charge in [-0.05, 0) is 23.8 Å². The third-order valence-corrected chi connectivity index (χ3v) is 6.01. The number of benzene rings is 1. The van der Waals surface area contributed by atoms with E-state index >= 15 is 0 Å². The number of carboxylic acid groups (broad SMARTS) is 1. The van der Waals surface area contributed by atoms with Gasteiger partial charge in [0.2, 0.25) is 6.29 Å². The first-order valence-electron chi connectivity index (χ1n) is 10.9. The maximum Gasteiger partial charge on any atom is 0.335 e. The van der Waals surface area contributed by atoms with Crippen LogP contribution in [0.1, 0.15) is 18.4 Å². The van der Waals surface area contributed by atoms with Gasteiger partial charge in [0.1, 0.15) is 36.6 Å². The number of aromatic hydroxyl groups is 1. The number of aliphatic hydroxyl groups excluding tert-OH is 6. The van der Waals surface area contributed by atoms with Crippen molar-refractivity contribution < 1.29 is 69.8 Å². The van der Waals surface area contributed by atoms with E-state index in [0.717, 1.165) is 6.08 Å². The zero-order valence-electron chi connectivity index (χ0n) is 18.7. The summed E-state index contributed by atoms with van der Waals surface area (Å²) in [6, 6.07) is 3.77. The van der Waals surface area contributed by atoms with E-state index < -0.39 is 91.8 Å². The van der Waals surface area contributed by atoms with Crippen molar-refractivity contribution in [3.8, 4) is 11.5 Å². The summed E-state index contributed by atoms with van der Waals surface area (Å²) in [5, 5.41) is 88.3. The molecule has 1 aliphatic carbocycles. The summed E-state index contributed by atoms with van der Waals surface area (Å²) >= 11 is 0. The summed E-state index contributed by atoms with van der Waals surface area (Å²) in [5.41, 5.74) is -2.13. The van der Waals surface area contributed by atoms with Gasteiger partial charge in [0.25, 0.3) is 0 Å². The van der Waals surface area contributed by atoms with Crippen molar-refractivity contribution in [1.82, 2.24) is 0 Å². The molecule has 2 fully saturated rings. The van der Waals surface area contributed by atoms with E-state index in [9.17, 15) is 50.4 Å². The van der Waals surface area contributed by atoms with E-state index in [2.05, 4.69) is 0 Å². The largest absolute Gasteiger partial charge is 0.504 e. The minimum Gasteiger partial charge on any atom is -0.504 e. The summed E-state index contributed by atoms with van der Waals surface area (Å²) in [7, 11) is 0. The van der Waals surface area contributed by atoms with E-state index in [-0.39, 0.29) is 11.3 Å². The van der Waals surface area contributed by atoms with Crippen LogP contribution in [0.3, 0.4) is 0 Å². The number of phenols is 1. The minimum atomic E-state index is -2.39. The second kappa shape index (κ2) is 11.1. The van der Waals surface area contributed by atoms with Crippen molar-refractivity contribution in [2.75, 3.05) is 6.61 Å². The number of hydrogen-bond donors (Lipinski definition) is 9. The highest BCUT2D eigenvalue weighted by Gasteiger charge is 2.50. The number of carboxylic acids is 1. The molecule has 0 spiro atoms. The molecule has 1 saturated carbocycles. The fourth-order valence-electron chi connectivity index (χ4n) is 3.91. The van der Waals surface area contributed by atoms with Crippen LogP contribution in [0, 0.1) is 0 Å². The summed E-state index contributed by atoms with van der Waals surface area (Å²) < 4.78 is 15.6. The van der Waals surface area contributed by atoms with E-state index in [0.29, 0.717) is 0 Å². The molecular weight excluding hydrogens is 488 g/mol. The lowest BCUT2D eigenvalue weighted by atomic mass is 9.79. The number of ether oxygens (including phenoxy) is 3. The minimum absolute atomic E-state index is 0.243. The normalized spacial score (nSPS) is 37.0. The first kappa shape index (κ1) is 27.8. The Morgan fingerprint density at radius 1 is 1.06 bits per heavy atom. The van der Waals surface area contributed by atoms with Crippen LogP contribution in [0.25, 0.3) is 6.08 Å². The number of phenolic OH excluding ortho intramolecular Hbond substituents is 1. The summed E-state index contributed by atoms with van der Waals surface area (Å²) in [6.45, 7) is -0.682. The molecule has 1 saturated heterocycles. The topological polar surface area (TPSA) is 244 Å². The number of rotatable bonds is 7. The van der Waals surface area contributed by atoms with Gasteiger partial charge < -0.3 is 60.2 Å². The van der Waals surface area contributed by atoms with Crippen molar-refractivity contribution in [2.45, 2.75) is 67.5 Å². The molecule has 1 aromatic rings. The summed E-state index contributed by atoms with van der Waals surface area (Å²) in [5.74, 6) is -3.32. The van der Waals surface area contributed by atoms with E-state index in [1.165, 1.54) is 24.3 Å². The molecule has 14 nitrogen and oxygen atoms in total. The summed E-state index contributed by atoms with van der Waals surface area (Å²) in [4.78, 5) is 23.5. The molecule has 9 atom stereocenters. The Morgan fingerprint density at radius 3 is 2.39 bits per heavy atom. The molecule has 36 heavy (non-hydrogen) atoms. The van der Waals surface area contributed by atoms with Crippen LogP contribution >= 0.6 is 0 Å². The van der Waals surface area contributed by atoms with Crippen LogP contribution in [0.15, 0.2) is 24.3 Å². The lowest BCUT2D eigenvalue weighted by Gasteiger charge is -2.39. The van der Waals surface area contributed by atoms with Gasteiger partial charge in [0.15, 0.2) is 17.1 Å². The second-order valence-electron chi connectivity index (χ2n) is 8.65.